The highest BCUT2D eigenvalue weighted by Crippen LogP contribution is 2.42. The zero-order chi connectivity index (χ0) is 16.9. The third kappa shape index (κ3) is 2.07. The number of nitrogens with zero attached hydrogens (tertiary/aromatic N) is 2. The lowest BCUT2D eigenvalue weighted by Crippen LogP contribution is -2.33. The van der Waals surface area contributed by atoms with Gasteiger partial charge in [0.1, 0.15) is 5.82 Å². The number of hydrogen-bond acceptors (Lipinski definition) is 2. The summed E-state index contributed by atoms with van der Waals surface area (Å²) in [6.07, 6.45) is 1.84. The number of nitrogens with one attached hydrogen (secondary N) is 1. The van der Waals surface area contributed by atoms with Crippen LogP contribution >= 0.6 is 0 Å². The topological polar surface area (TPSA) is 49.0 Å². The second kappa shape index (κ2) is 5.06. The number of fused-ring (bicyclic) bond motifs is 1. The molecule has 0 saturated carbocycles. The van der Waals surface area contributed by atoms with Crippen LogP contribution in [-0.2, 0) is 10.2 Å². The molecule has 4 rings (SSSR count). The standard InChI is InChI=1S/C20H19N3O/c1-20(2)15-10-9-14(11-17(15)23(3)19(20)24)18-21-12-16(22-18)13-7-5-4-6-8-13/h4-12H,1-3H3,(H,21,22). The Bertz CT molecular complexity index is 925. The minimum absolute atomic E-state index is 0.124. The van der Waals surface area contributed by atoms with E-state index in [1.807, 2.05) is 63.5 Å². The highest BCUT2D eigenvalue weighted by Gasteiger charge is 2.42. The van der Waals surface area contributed by atoms with Gasteiger partial charge in [-0.15, -0.1) is 0 Å². The molecule has 1 aliphatic rings. The summed E-state index contributed by atoms with van der Waals surface area (Å²) in [5.41, 5.74) is 4.62. The van der Waals surface area contributed by atoms with E-state index in [0.717, 1.165) is 33.9 Å². The van der Waals surface area contributed by atoms with Crippen LogP contribution in [0.3, 0.4) is 0 Å². The number of amides is 1. The van der Waals surface area contributed by atoms with Gasteiger partial charge in [0, 0.05) is 18.3 Å². The number of aromatic nitrogens is 2. The average Bonchev–Trinajstić information content (AvgIpc) is 3.16. The molecule has 2 aromatic carbocycles. The van der Waals surface area contributed by atoms with E-state index >= 15 is 0 Å². The molecule has 2 heterocycles. The molecule has 1 aliphatic heterocycles. The first-order chi connectivity index (χ1) is 11.5. The Kier molecular flexibility index (Phi) is 3.10. The summed E-state index contributed by atoms with van der Waals surface area (Å²) in [6, 6.07) is 16.2. The molecule has 0 saturated heterocycles. The third-order valence-electron chi connectivity index (χ3n) is 4.81. The Labute approximate surface area is 141 Å². The molecular formula is C20H19N3O. The Morgan fingerprint density at radius 1 is 1.04 bits per heavy atom. The van der Waals surface area contributed by atoms with Crippen molar-refractivity contribution < 1.29 is 4.79 Å². The summed E-state index contributed by atoms with van der Waals surface area (Å²) >= 11 is 0. The monoisotopic (exact) mass is 317 g/mol. The molecule has 0 unspecified atom stereocenters. The smallest absolute Gasteiger partial charge is 0.236 e. The van der Waals surface area contributed by atoms with Crippen LogP contribution in [0.1, 0.15) is 19.4 Å². The molecule has 4 nitrogen and oxygen atoms in total. The Morgan fingerprint density at radius 2 is 1.79 bits per heavy atom. The van der Waals surface area contributed by atoms with Gasteiger partial charge in [0.05, 0.1) is 17.3 Å². The van der Waals surface area contributed by atoms with Crippen molar-refractivity contribution in [2.24, 2.45) is 0 Å². The molecule has 1 N–H and O–H groups in total. The number of aromatic amines is 1. The van der Waals surface area contributed by atoms with Gasteiger partial charge in [-0.2, -0.15) is 0 Å². The van der Waals surface area contributed by atoms with Crippen LogP contribution < -0.4 is 4.90 Å². The van der Waals surface area contributed by atoms with Gasteiger partial charge in [-0.05, 0) is 31.0 Å². The summed E-state index contributed by atoms with van der Waals surface area (Å²) in [4.78, 5) is 22.0. The minimum atomic E-state index is -0.471. The molecule has 0 radical (unpaired) electrons. The van der Waals surface area contributed by atoms with Crippen molar-refractivity contribution in [1.82, 2.24) is 9.97 Å². The Morgan fingerprint density at radius 3 is 2.54 bits per heavy atom. The number of H-pyrrole nitrogens is 1. The number of imidazole rings is 1. The van der Waals surface area contributed by atoms with E-state index in [1.54, 1.807) is 4.90 Å². The van der Waals surface area contributed by atoms with E-state index in [2.05, 4.69) is 22.1 Å². The van der Waals surface area contributed by atoms with Crippen molar-refractivity contribution in [3.05, 3.63) is 60.3 Å². The number of hydrogen-bond donors (Lipinski definition) is 1. The SMILES string of the molecule is CN1C(=O)C(C)(C)c2ccc(-c3ncc(-c4ccccc4)[nH]3)cc21. The summed E-state index contributed by atoms with van der Waals surface area (Å²) < 4.78 is 0. The summed E-state index contributed by atoms with van der Waals surface area (Å²) in [7, 11) is 1.83. The lowest BCUT2D eigenvalue weighted by atomic mass is 9.86. The fourth-order valence-corrected chi connectivity index (χ4v) is 3.36. The zero-order valence-corrected chi connectivity index (χ0v) is 14.0. The summed E-state index contributed by atoms with van der Waals surface area (Å²) in [5, 5.41) is 0. The summed E-state index contributed by atoms with van der Waals surface area (Å²) in [6.45, 7) is 3.94. The largest absolute Gasteiger partial charge is 0.338 e. The van der Waals surface area contributed by atoms with E-state index in [0.29, 0.717) is 0 Å². The van der Waals surface area contributed by atoms with Crippen molar-refractivity contribution in [2.75, 3.05) is 11.9 Å². The highest BCUT2D eigenvalue weighted by atomic mass is 16.2. The molecule has 3 aromatic rings. The number of benzene rings is 2. The summed E-state index contributed by atoms with van der Waals surface area (Å²) in [5.74, 6) is 0.932. The molecule has 0 bridgehead atoms. The van der Waals surface area contributed by atoms with Crippen molar-refractivity contribution in [3.8, 4) is 22.6 Å². The van der Waals surface area contributed by atoms with Crippen LogP contribution in [0.15, 0.2) is 54.7 Å². The molecule has 4 heteroatoms. The molecule has 0 aliphatic carbocycles. The molecular weight excluding hydrogens is 298 g/mol. The lowest BCUT2D eigenvalue weighted by molar-refractivity contribution is -0.121. The van der Waals surface area contributed by atoms with Crippen molar-refractivity contribution >= 4 is 11.6 Å². The van der Waals surface area contributed by atoms with E-state index < -0.39 is 5.41 Å². The van der Waals surface area contributed by atoms with Gasteiger partial charge in [-0.1, -0.05) is 42.5 Å². The fraction of sp³-hybridized carbons (Fsp3) is 0.200. The minimum Gasteiger partial charge on any atom is -0.338 e. The van der Waals surface area contributed by atoms with Crippen LogP contribution in [0.25, 0.3) is 22.6 Å². The predicted octanol–water partition coefficient (Wildman–Crippen LogP) is 4.00. The van der Waals surface area contributed by atoms with E-state index in [4.69, 9.17) is 0 Å². The quantitative estimate of drug-likeness (QED) is 0.776. The molecule has 0 spiro atoms. The number of carbonyl (C=O) groups excluding carboxylic acids is 1. The molecule has 24 heavy (non-hydrogen) atoms. The maximum Gasteiger partial charge on any atom is 0.236 e. The second-order valence-electron chi connectivity index (χ2n) is 6.73. The maximum absolute atomic E-state index is 12.4. The zero-order valence-electron chi connectivity index (χ0n) is 14.0. The van der Waals surface area contributed by atoms with Crippen LogP contribution in [0.5, 0.6) is 0 Å². The van der Waals surface area contributed by atoms with Crippen molar-refractivity contribution in [1.29, 1.82) is 0 Å². The van der Waals surface area contributed by atoms with Gasteiger partial charge in [0.25, 0.3) is 0 Å². The first kappa shape index (κ1) is 14.7. The van der Waals surface area contributed by atoms with Gasteiger partial charge in [-0.25, -0.2) is 4.98 Å². The van der Waals surface area contributed by atoms with Crippen LogP contribution in [-0.4, -0.2) is 22.9 Å². The van der Waals surface area contributed by atoms with Gasteiger partial charge >= 0.3 is 0 Å². The van der Waals surface area contributed by atoms with Crippen LogP contribution in [0, 0.1) is 0 Å². The van der Waals surface area contributed by atoms with Crippen LogP contribution in [0.4, 0.5) is 5.69 Å². The van der Waals surface area contributed by atoms with Crippen LogP contribution in [0.2, 0.25) is 0 Å². The van der Waals surface area contributed by atoms with Gasteiger partial charge in [0.15, 0.2) is 0 Å². The number of carbonyl (C=O) groups is 1. The first-order valence-corrected chi connectivity index (χ1v) is 8.02. The van der Waals surface area contributed by atoms with E-state index in [-0.39, 0.29) is 5.91 Å². The van der Waals surface area contributed by atoms with Gasteiger partial charge < -0.3 is 9.88 Å². The molecule has 1 amide bonds. The van der Waals surface area contributed by atoms with Crippen molar-refractivity contribution in [2.45, 2.75) is 19.3 Å². The molecule has 1 aromatic heterocycles. The number of likely N-dealkylation sites (N-methyl/N-ethyl adjacent to an activating group) is 1. The van der Waals surface area contributed by atoms with E-state index in [9.17, 15) is 4.79 Å². The van der Waals surface area contributed by atoms with Gasteiger partial charge in [-0.3, -0.25) is 4.79 Å². The van der Waals surface area contributed by atoms with Gasteiger partial charge in [0.2, 0.25) is 5.91 Å². The third-order valence-corrected chi connectivity index (χ3v) is 4.81. The second-order valence-corrected chi connectivity index (χ2v) is 6.73. The van der Waals surface area contributed by atoms with E-state index in [1.165, 1.54) is 0 Å². The first-order valence-electron chi connectivity index (χ1n) is 8.02. The fourth-order valence-electron chi connectivity index (χ4n) is 3.36. The predicted molar refractivity (Wildman–Crippen MR) is 95.9 cm³/mol. The molecule has 120 valence electrons. The van der Waals surface area contributed by atoms with Crippen molar-refractivity contribution in [3.63, 3.8) is 0 Å². The highest BCUT2D eigenvalue weighted by molar-refractivity contribution is 6.07. The normalized spacial score (nSPS) is 15.6. The number of anilines is 1. The Hall–Kier alpha value is -2.88. The number of rotatable bonds is 2. The maximum atomic E-state index is 12.4. The lowest BCUT2D eigenvalue weighted by Gasteiger charge is -2.16. The average molecular weight is 317 g/mol. The molecule has 0 fully saturated rings. The Balaban J connectivity index is 1.75. The molecule has 0 atom stereocenters.